The van der Waals surface area contributed by atoms with Gasteiger partial charge < -0.3 is 5.11 Å². The Labute approximate surface area is 80.8 Å². The maximum atomic E-state index is 10.4. The summed E-state index contributed by atoms with van der Waals surface area (Å²) in [5.74, 6) is -0.791. The van der Waals surface area contributed by atoms with Crippen molar-refractivity contribution in [2.24, 2.45) is 0 Å². The van der Waals surface area contributed by atoms with Gasteiger partial charge in [0.05, 0.1) is 6.42 Å². The lowest BCUT2D eigenvalue weighted by atomic mass is 10.3. The Kier molecular flexibility index (Phi) is 3.46. The minimum absolute atomic E-state index is 0.104. The summed E-state index contributed by atoms with van der Waals surface area (Å²) in [4.78, 5) is 12.3. The van der Waals surface area contributed by atoms with Crippen molar-refractivity contribution < 1.29 is 9.90 Å². The maximum Gasteiger partial charge on any atom is 0.308 e. The topological polar surface area (TPSA) is 37.3 Å². The summed E-state index contributed by atoms with van der Waals surface area (Å²) in [5, 5.41) is 8.52. The molecule has 0 aromatic carbocycles. The standard InChI is InChI=1S/C10H10O2S/c1-2-3-4-8-5-6-9(13-8)7-10(11)12/h2-6H,1,7H2,(H,11,12)/b4-3+. The van der Waals surface area contributed by atoms with Crippen LogP contribution in [-0.4, -0.2) is 11.1 Å². The number of carboxylic acids is 1. The van der Waals surface area contributed by atoms with Gasteiger partial charge in [-0.2, -0.15) is 0 Å². The quantitative estimate of drug-likeness (QED) is 0.748. The van der Waals surface area contributed by atoms with Crippen molar-refractivity contribution in [2.45, 2.75) is 6.42 Å². The predicted molar refractivity (Wildman–Crippen MR) is 54.9 cm³/mol. The Morgan fingerprint density at radius 3 is 3.00 bits per heavy atom. The molecular formula is C10H10O2S. The van der Waals surface area contributed by atoms with Crippen LogP contribution in [0.3, 0.4) is 0 Å². The Hall–Kier alpha value is -1.35. The van der Waals surface area contributed by atoms with Crippen LogP contribution in [0, 0.1) is 0 Å². The van der Waals surface area contributed by atoms with Crippen LogP contribution in [-0.2, 0) is 11.2 Å². The molecule has 0 aliphatic carbocycles. The van der Waals surface area contributed by atoms with Gasteiger partial charge in [0.1, 0.15) is 0 Å². The normalized spacial score (nSPS) is 10.5. The number of rotatable bonds is 4. The van der Waals surface area contributed by atoms with Gasteiger partial charge in [-0.05, 0) is 18.2 Å². The third kappa shape index (κ3) is 3.25. The summed E-state index contributed by atoms with van der Waals surface area (Å²) < 4.78 is 0. The lowest BCUT2D eigenvalue weighted by molar-refractivity contribution is -0.136. The molecule has 13 heavy (non-hydrogen) atoms. The third-order valence-electron chi connectivity index (χ3n) is 1.40. The van der Waals surface area contributed by atoms with E-state index in [2.05, 4.69) is 6.58 Å². The van der Waals surface area contributed by atoms with E-state index in [-0.39, 0.29) is 6.42 Å². The van der Waals surface area contributed by atoms with Gasteiger partial charge >= 0.3 is 5.97 Å². The summed E-state index contributed by atoms with van der Waals surface area (Å²) in [7, 11) is 0. The number of hydrogen-bond donors (Lipinski definition) is 1. The Balaban J connectivity index is 2.68. The fraction of sp³-hybridized carbons (Fsp3) is 0.100. The van der Waals surface area contributed by atoms with Crippen LogP contribution < -0.4 is 0 Å². The van der Waals surface area contributed by atoms with Crippen molar-refractivity contribution in [2.75, 3.05) is 0 Å². The van der Waals surface area contributed by atoms with Gasteiger partial charge in [-0.1, -0.05) is 18.7 Å². The van der Waals surface area contributed by atoms with Crippen LogP contribution in [0.4, 0.5) is 0 Å². The summed E-state index contributed by atoms with van der Waals surface area (Å²) >= 11 is 1.49. The number of thiophene rings is 1. The van der Waals surface area contributed by atoms with E-state index in [1.807, 2.05) is 24.3 Å². The van der Waals surface area contributed by atoms with E-state index in [4.69, 9.17) is 5.11 Å². The lowest BCUT2D eigenvalue weighted by Gasteiger charge is -1.86. The molecular weight excluding hydrogens is 184 g/mol. The van der Waals surface area contributed by atoms with Crippen molar-refractivity contribution >= 4 is 23.4 Å². The fourth-order valence-corrected chi connectivity index (χ4v) is 1.81. The van der Waals surface area contributed by atoms with Gasteiger partial charge in [-0.3, -0.25) is 4.79 Å². The molecule has 0 atom stereocenters. The molecule has 1 heterocycles. The molecule has 1 aromatic heterocycles. The molecule has 0 spiro atoms. The van der Waals surface area contributed by atoms with Gasteiger partial charge in [-0.25, -0.2) is 0 Å². The van der Waals surface area contributed by atoms with Gasteiger partial charge in [-0.15, -0.1) is 11.3 Å². The molecule has 0 aliphatic heterocycles. The van der Waals surface area contributed by atoms with Gasteiger partial charge in [0.15, 0.2) is 0 Å². The van der Waals surface area contributed by atoms with Crippen molar-refractivity contribution in [1.82, 2.24) is 0 Å². The van der Waals surface area contributed by atoms with Crippen LogP contribution >= 0.6 is 11.3 Å². The van der Waals surface area contributed by atoms with Gasteiger partial charge in [0.2, 0.25) is 0 Å². The second-order valence-electron chi connectivity index (χ2n) is 2.47. The SMILES string of the molecule is C=C/C=C/c1ccc(CC(=O)O)s1. The summed E-state index contributed by atoms with van der Waals surface area (Å²) in [5.41, 5.74) is 0. The number of allylic oxidation sites excluding steroid dienone is 2. The first-order valence-corrected chi connectivity index (χ1v) is 4.63. The highest BCUT2D eigenvalue weighted by molar-refractivity contribution is 7.13. The van der Waals surface area contributed by atoms with Crippen molar-refractivity contribution in [1.29, 1.82) is 0 Å². The molecule has 0 radical (unpaired) electrons. The molecule has 0 saturated carbocycles. The Bertz CT molecular complexity index is 336. The zero-order valence-corrected chi connectivity index (χ0v) is 7.88. The average Bonchev–Trinajstić information content (AvgIpc) is 2.48. The van der Waals surface area contributed by atoms with Crippen molar-refractivity contribution in [3.05, 3.63) is 40.6 Å². The first kappa shape index (κ1) is 9.74. The second-order valence-corrected chi connectivity index (χ2v) is 3.67. The van der Waals surface area contributed by atoms with Crippen molar-refractivity contribution in [3.63, 3.8) is 0 Å². The monoisotopic (exact) mass is 194 g/mol. The van der Waals surface area contributed by atoms with Crippen LogP contribution in [0.5, 0.6) is 0 Å². The van der Waals surface area contributed by atoms with E-state index in [0.717, 1.165) is 9.75 Å². The molecule has 0 aliphatic rings. The van der Waals surface area contributed by atoms with E-state index >= 15 is 0 Å². The smallest absolute Gasteiger partial charge is 0.308 e. The van der Waals surface area contributed by atoms with E-state index in [0.29, 0.717) is 0 Å². The van der Waals surface area contributed by atoms with E-state index in [1.54, 1.807) is 6.08 Å². The van der Waals surface area contributed by atoms with Crippen LogP contribution in [0.2, 0.25) is 0 Å². The van der Waals surface area contributed by atoms with Gasteiger partial charge in [0, 0.05) is 9.75 Å². The first-order valence-electron chi connectivity index (χ1n) is 3.82. The number of hydrogen-bond acceptors (Lipinski definition) is 2. The molecule has 0 amide bonds. The van der Waals surface area contributed by atoms with Crippen LogP contribution in [0.15, 0.2) is 30.9 Å². The number of aliphatic carboxylic acids is 1. The molecule has 1 N–H and O–H groups in total. The minimum Gasteiger partial charge on any atom is -0.481 e. The summed E-state index contributed by atoms with van der Waals surface area (Å²) in [6.45, 7) is 3.55. The highest BCUT2D eigenvalue weighted by atomic mass is 32.1. The van der Waals surface area contributed by atoms with Crippen LogP contribution in [0.1, 0.15) is 9.75 Å². The first-order chi connectivity index (χ1) is 6.22. The fourth-order valence-electron chi connectivity index (χ4n) is 0.891. The lowest BCUT2D eigenvalue weighted by Crippen LogP contribution is -1.96. The largest absolute Gasteiger partial charge is 0.481 e. The number of carbonyl (C=O) groups is 1. The summed E-state index contributed by atoms with van der Waals surface area (Å²) in [6.07, 6.45) is 5.53. The highest BCUT2D eigenvalue weighted by Gasteiger charge is 2.02. The number of carboxylic acid groups (broad SMARTS) is 1. The Morgan fingerprint density at radius 2 is 2.38 bits per heavy atom. The highest BCUT2D eigenvalue weighted by Crippen LogP contribution is 2.18. The average molecular weight is 194 g/mol. The van der Waals surface area contributed by atoms with Gasteiger partial charge in [0.25, 0.3) is 0 Å². The third-order valence-corrected chi connectivity index (χ3v) is 2.45. The second kappa shape index (κ2) is 4.62. The van der Waals surface area contributed by atoms with E-state index in [1.165, 1.54) is 11.3 Å². The molecule has 2 nitrogen and oxygen atoms in total. The van der Waals surface area contributed by atoms with Crippen molar-refractivity contribution in [3.8, 4) is 0 Å². The molecule has 0 bridgehead atoms. The molecule has 68 valence electrons. The Morgan fingerprint density at radius 1 is 1.62 bits per heavy atom. The zero-order chi connectivity index (χ0) is 9.68. The minimum atomic E-state index is -0.791. The molecule has 3 heteroatoms. The van der Waals surface area contributed by atoms with Crippen LogP contribution in [0.25, 0.3) is 6.08 Å². The van der Waals surface area contributed by atoms with E-state index in [9.17, 15) is 4.79 Å². The molecule has 1 rings (SSSR count). The molecule has 0 saturated heterocycles. The predicted octanol–water partition coefficient (Wildman–Crippen LogP) is 2.57. The molecule has 0 unspecified atom stereocenters. The molecule has 0 fully saturated rings. The molecule has 1 aromatic rings. The maximum absolute atomic E-state index is 10.4. The summed E-state index contributed by atoms with van der Waals surface area (Å²) in [6, 6.07) is 3.74. The van der Waals surface area contributed by atoms with E-state index < -0.39 is 5.97 Å². The zero-order valence-electron chi connectivity index (χ0n) is 7.06.